The average Bonchev–Trinajstić information content (AvgIpc) is 2.67. The first-order valence-electron chi connectivity index (χ1n) is 12.4. The van der Waals surface area contributed by atoms with Crippen molar-refractivity contribution in [3.05, 3.63) is 0 Å². The van der Waals surface area contributed by atoms with E-state index in [-0.39, 0.29) is 5.60 Å². The number of rotatable bonds is 12. The molecule has 2 aliphatic carbocycles. The number of hydrogen-bond donors (Lipinski definition) is 0. The summed E-state index contributed by atoms with van der Waals surface area (Å²) in [5.41, 5.74) is 0.246. The van der Waals surface area contributed by atoms with Crippen LogP contribution in [0.2, 0.25) is 0 Å². The lowest BCUT2D eigenvalue weighted by molar-refractivity contribution is -0.0855. The fraction of sp³-hybridized carbons (Fsp3) is 1.00. The van der Waals surface area contributed by atoms with Crippen molar-refractivity contribution in [3.63, 3.8) is 0 Å². The van der Waals surface area contributed by atoms with Crippen molar-refractivity contribution in [1.82, 2.24) is 0 Å². The normalized spacial score (nSPS) is 32.7. The summed E-state index contributed by atoms with van der Waals surface area (Å²) in [5.74, 6) is 3.11. The van der Waals surface area contributed by atoms with Crippen molar-refractivity contribution >= 4 is 0 Å². The van der Waals surface area contributed by atoms with Gasteiger partial charge in [0.2, 0.25) is 0 Å². The summed E-state index contributed by atoms with van der Waals surface area (Å²) < 4.78 is 6.36. The molecule has 26 heavy (non-hydrogen) atoms. The van der Waals surface area contributed by atoms with Crippen molar-refractivity contribution < 1.29 is 4.74 Å². The van der Waals surface area contributed by atoms with E-state index < -0.39 is 0 Å². The van der Waals surface area contributed by atoms with Gasteiger partial charge in [0, 0.05) is 6.61 Å². The Labute approximate surface area is 165 Å². The minimum absolute atomic E-state index is 0.246. The number of unbranched alkanes of at least 4 members (excludes halogenated alkanes) is 5. The molecule has 0 aromatic carbocycles. The quantitative estimate of drug-likeness (QED) is 0.316. The fourth-order valence-corrected chi connectivity index (χ4v) is 5.92. The van der Waals surface area contributed by atoms with Gasteiger partial charge in [-0.15, -0.1) is 0 Å². The molecule has 0 radical (unpaired) electrons. The largest absolute Gasteiger partial charge is 0.375 e. The van der Waals surface area contributed by atoms with E-state index in [1.165, 1.54) is 109 Å². The van der Waals surface area contributed by atoms with Crippen LogP contribution in [-0.4, -0.2) is 12.2 Å². The molecule has 154 valence electrons. The molecular formula is C25H48O. The molecular weight excluding hydrogens is 316 g/mol. The third-order valence-corrected chi connectivity index (χ3v) is 7.65. The Balaban J connectivity index is 1.71. The van der Waals surface area contributed by atoms with Crippen molar-refractivity contribution in [2.24, 2.45) is 17.8 Å². The molecule has 0 aliphatic heterocycles. The lowest BCUT2D eigenvalue weighted by Crippen LogP contribution is -2.39. The first kappa shape index (κ1) is 22.3. The summed E-state index contributed by atoms with van der Waals surface area (Å²) in [6.07, 6.45) is 24.3. The highest BCUT2D eigenvalue weighted by atomic mass is 16.5. The van der Waals surface area contributed by atoms with Gasteiger partial charge in [0.05, 0.1) is 5.60 Å². The molecule has 0 bridgehead atoms. The second kappa shape index (κ2) is 12.4. The SMILES string of the molecule is CCCCCCC1(OCC)CCC(C2CCC(CCCCC)CC2)CC1. The molecule has 1 nitrogen and oxygen atoms in total. The van der Waals surface area contributed by atoms with Crippen LogP contribution >= 0.6 is 0 Å². The Morgan fingerprint density at radius 2 is 1.31 bits per heavy atom. The van der Waals surface area contributed by atoms with E-state index >= 15 is 0 Å². The van der Waals surface area contributed by atoms with Crippen LogP contribution in [0.5, 0.6) is 0 Å². The van der Waals surface area contributed by atoms with E-state index in [0.717, 1.165) is 24.4 Å². The first-order chi connectivity index (χ1) is 12.7. The Morgan fingerprint density at radius 3 is 1.92 bits per heavy atom. The van der Waals surface area contributed by atoms with Crippen LogP contribution in [0.15, 0.2) is 0 Å². The highest BCUT2D eigenvalue weighted by Gasteiger charge is 2.38. The molecule has 0 aromatic rings. The minimum atomic E-state index is 0.246. The van der Waals surface area contributed by atoms with Gasteiger partial charge < -0.3 is 4.74 Å². The predicted octanol–water partition coefficient (Wildman–Crippen LogP) is 8.31. The zero-order valence-corrected chi connectivity index (χ0v) is 18.4. The fourth-order valence-electron chi connectivity index (χ4n) is 5.92. The molecule has 0 atom stereocenters. The van der Waals surface area contributed by atoms with Crippen molar-refractivity contribution in [2.75, 3.05) is 6.61 Å². The summed E-state index contributed by atoms with van der Waals surface area (Å²) in [5, 5.41) is 0. The van der Waals surface area contributed by atoms with Crippen LogP contribution < -0.4 is 0 Å². The number of ether oxygens (including phenoxy) is 1. The number of hydrogen-bond acceptors (Lipinski definition) is 1. The highest BCUT2D eigenvalue weighted by Crippen LogP contribution is 2.45. The first-order valence-corrected chi connectivity index (χ1v) is 12.4. The van der Waals surface area contributed by atoms with Crippen molar-refractivity contribution in [3.8, 4) is 0 Å². The minimum Gasteiger partial charge on any atom is -0.375 e. The van der Waals surface area contributed by atoms with Crippen LogP contribution in [0, 0.1) is 17.8 Å². The molecule has 0 aromatic heterocycles. The van der Waals surface area contributed by atoms with Crippen LogP contribution in [0.1, 0.15) is 130 Å². The van der Waals surface area contributed by atoms with Gasteiger partial charge in [-0.25, -0.2) is 0 Å². The summed E-state index contributed by atoms with van der Waals surface area (Å²) in [6.45, 7) is 7.73. The lowest BCUT2D eigenvalue weighted by atomic mass is 9.67. The van der Waals surface area contributed by atoms with E-state index in [9.17, 15) is 0 Å². The van der Waals surface area contributed by atoms with Crippen molar-refractivity contribution in [1.29, 1.82) is 0 Å². The van der Waals surface area contributed by atoms with Crippen LogP contribution in [0.3, 0.4) is 0 Å². The molecule has 0 N–H and O–H groups in total. The van der Waals surface area contributed by atoms with E-state index in [2.05, 4.69) is 20.8 Å². The summed E-state index contributed by atoms with van der Waals surface area (Å²) in [7, 11) is 0. The van der Waals surface area contributed by atoms with Crippen molar-refractivity contribution in [2.45, 2.75) is 136 Å². The smallest absolute Gasteiger partial charge is 0.0682 e. The second-order valence-corrected chi connectivity index (χ2v) is 9.54. The topological polar surface area (TPSA) is 9.23 Å². The maximum absolute atomic E-state index is 6.36. The summed E-state index contributed by atoms with van der Waals surface area (Å²) >= 11 is 0. The second-order valence-electron chi connectivity index (χ2n) is 9.54. The van der Waals surface area contributed by atoms with E-state index in [0.29, 0.717) is 0 Å². The summed E-state index contributed by atoms with van der Waals surface area (Å²) in [6, 6.07) is 0. The van der Waals surface area contributed by atoms with Gasteiger partial charge in [-0.2, -0.15) is 0 Å². The van der Waals surface area contributed by atoms with Gasteiger partial charge in [-0.1, -0.05) is 78.1 Å². The molecule has 0 heterocycles. The Hall–Kier alpha value is -0.0400. The van der Waals surface area contributed by atoms with Crippen LogP contribution in [0.25, 0.3) is 0 Å². The molecule has 0 spiro atoms. The van der Waals surface area contributed by atoms with Crippen LogP contribution in [-0.2, 0) is 4.74 Å². The predicted molar refractivity (Wildman–Crippen MR) is 115 cm³/mol. The lowest BCUT2D eigenvalue weighted by Gasteiger charge is -2.44. The third kappa shape index (κ3) is 7.17. The van der Waals surface area contributed by atoms with Gasteiger partial charge in [-0.05, 0) is 69.6 Å². The van der Waals surface area contributed by atoms with E-state index in [4.69, 9.17) is 4.74 Å². The maximum atomic E-state index is 6.36. The Kier molecular flexibility index (Phi) is 10.6. The van der Waals surface area contributed by atoms with Gasteiger partial charge in [0.1, 0.15) is 0 Å². The highest BCUT2D eigenvalue weighted by molar-refractivity contribution is 4.90. The molecule has 0 unspecified atom stereocenters. The van der Waals surface area contributed by atoms with Gasteiger partial charge in [0.15, 0.2) is 0 Å². The molecule has 1 heteroatoms. The van der Waals surface area contributed by atoms with E-state index in [1.807, 2.05) is 0 Å². The molecule has 2 rings (SSSR count). The van der Waals surface area contributed by atoms with Gasteiger partial charge in [-0.3, -0.25) is 0 Å². The molecule has 2 aliphatic rings. The maximum Gasteiger partial charge on any atom is 0.0682 e. The van der Waals surface area contributed by atoms with Gasteiger partial charge >= 0.3 is 0 Å². The standard InChI is InChI=1S/C25H48O/c1-4-7-9-11-19-25(26-6-3)20-17-24(18-21-25)23-15-13-22(14-16-23)12-10-8-5-2/h22-24H,4-21H2,1-3H3. The molecule has 0 amide bonds. The monoisotopic (exact) mass is 364 g/mol. The Bertz CT molecular complexity index is 334. The van der Waals surface area contributed by atoms with E-state index in [1.54, 1.807) is 0 Å². The molecule has 2 saturated carbocycles. The third-order valence-electron chi connectivity index (χ3n) is 7.65. The zero-order chi connectivity index (χ0) is 18.7. The molecule has 0 saturated heterocycles. The average molecular weight is 365 g/mol. The molecule has 2 fully saturated rings. The van der Waals surface area contributed by atoms with Crippen LogP contribution in [0.4, 0.5) is 0 Å². The Morgan fingerprint density at radius 1 is 0.692 bits per heavy atom. The summed E-state index contributed by atoms with van der Waals surface area (Å²) in [4.78, 5) is 0. The zero-order valence-electron chi connectivity index (χ0n) is 18.4. The van der Waals surface area contributed by atoms with Gasteiger partial charge in [0.25, 0.3) is 0 Å².